The first kappa shape index (κ1) is 12.4. The molecule has 5 heteroatoms. The van der Waals surface area contributed by atoms with E-state index in [2.05, 4.69) is 15.9 Å². The van der Waals surface area contributed by atoms with Crippen LogP contribution in [-0.2, 0) is 9.84 Å². The maximum absolute atomic E-state index is 11.5. The minimum atomic E-state index is -3.24. The average Bonchev–Trinajstić information content (AvgIpc) is 2.02. The number of alkyl halides is 1. The van der Waals surface area contributed by atoms with Crippen LogP contribution in [0.2, 0.25) is 0 Å². The van der Waals surface area contributed by atoms with E-state index >= 15 is 0 Å². The van der Waals surface area contributed by atoms with E-state index in [1.807, 2.05) is 0 Å². The normalized spacial score (nSPS) is 20.1. The van der Waals surface area contributed by atoms with Gasteiger partial charge in [-0.3, -0.25) is 0 Å². The van der Waals surface area contributed by atoms with Crippen LogP contribution in [0.15, 0.2) is 0 Å². The van der Waals surface area contributed by atoms with Crippen molar-refractivity contribution in [3.63, 3.8) is 0 Å². The lowest BCUT2D eigenvalue weighted by atomic mass is 10.2. The van der Waals surface area contributed by atoms with E-state index in [4.69, 9.17) is 0 Å². The molecule has 0 spiro atoms. The highest BCUT2D eigenvalue weighted by atomic mass is 79.9. The lowest BCUT2D eigenvalue weighted by molar-refractivity contribution is 0.177. The minimum Gasteiger partial charge on any atom is -0.391 e. The van der Waals surface area contributed by atoms with Gasteiger partial charge in [-0.1, -0.05) is 29.8 Å². The summed E-state index contributed by atoms with van der Waals surface area (Å²) in [6.07, 6.45) is -0.534. The molecule has 0 rings (SSSR count). The van der Waals surface area contributed by atoms with Gasteiger partial charge in [-0.15, -0.1) is 0 Å². The third-order valence-electron chi connectivity index (χ3n) is 2.00. The van der Waals surface area contributed by atoms with Gasteiger partial charge in [0.15, 0.2) is 13.5 Å². The zero-order valence-electron chi connectivity index (χ0n) is 7.54. The van der Waals surface area contributed by atoms with Gasteiger partial charge in [0.25, 0.3) is 0 Å². The zero-order valence-corrected chi connectivity index (χ0v) is 9.94. The third kappa shape index (κ3) is 2.00. The zero-order chi connectivity index (χ0) is 9.99. The number of rotatable bonds is 4. The second kappa shape index (κ2) is 4.07. The van der Waals surface area contributed by atoms with Crippen molar-refractivity contribution in [2.24, 2.45) is 0 Å². The lowest BCUT2D eigenvalue weighted by Crippen LogP contribution is -2.42. The number of halogens is 1. The highest BCUT2D eigenvalue weighted by Crippen LogP contribution is 2.33. The molecule has 0 aromatic carbocycles. The summed E-state index contributed by atoms with van der Waals surface area (Å²) in [6.45, 7) is 4.78. The molecule has 0 aliphatic carbocycles. The Balaban J connectivity index is 5.02. The van der Waals surface area contributed by atoms with E-state index in [9.17, 15) is 13.5 Å². The second-order valence-electron chi connectivity index (χ2n) is 2.72. The van der Waals surface area contributed by atoms with Gasteiger partial charge in [-0.25, -0.2) is 8.42 Å². The number of aliphatic hydroxyl groups excluding tert-OH is 1. The summed E-state index contributed by atoms with van der Waals surface area (Å²) in [7, 11) is -3.24. The summed E-state index contributed by atoms with van der Waals surface area (Å²) >= 11 is 3.09. The molecule has 0 aliphatic heterocycles. The molecule has 0 saturated carbocycles. The van der Waals surface area contributed by atoms with Gasteiger partial charge in [0.2, 0.25) is 0 Å². The molecule has 3 nitrogen and oxygen atoms in total. The quantitative estimate of drug-likeness (QED) is 0.774. The fourth-order valence-corrected chi connectivity index (χ4v) is 3.14. The third-order valence-corrected chi connectivity index (χ3v) is 7.13. The number of hydrogen-bond acceptors (Lipinski definition) is 3. The molecule has 0 aromatic heterocycles. The van der Waals surface area contributed by atoms with E-state index in [-0.39, 0.29) is 5.75 Å². The van der Waals surface area contributed by atoms with Crippen LogP contribution in [-0.4, -0.2) is 29.0 Å². The van der Waals surface area contributed by atoms with Gasteiger partial charge >= 0.3 is 0 Å². The Hall–Kier alpha value is 0.390. The van der Waals surface area contributed by atoms with Crippen molar-refractivity contribution in [1.29, 1.82) is 0 Å². The number of aliphatic hydroxyl groups is 1. The van der Waals surface area contributed by atoms with Crippen LogP contribution in [0, 0.1) is 0 Å². The standard InChI is InChI=1S/C7H15BrO3S/c1-4-7(8,6(3)9)12(10,11)5-2/h6,9H,4-5H2,1-3H3/t6-,7-/m0/s1. The smallest absolute Gasteiger partial charge is 0.168 e. The number of sulfone groups is 1. The summed E-state index contributed by atoms with van der Waals surface area (Å²) in [5.41, 5.74) is 0. The number of hydrogen-bond donors (Lipinski definition) is 1. The molecular formula is C7H15BrO3S. The SMILES string of the molecule is CC[C@@](Br)([C@H](C)O)S(=O)(=O)CC. The Morgan fingerprint density at radius 2 is 1.92 bits per heavy atom. The van der Waals surface area contributed by atoms with Gasteiger partial charge in [0.05, 0.1) is 6.10 Å². The molecule has 0 unspecified atom stereocenters. The van der Waals surface area contributed by atoms with Crippen molar-refractivity contribution >= 4 is 25.8 Å². The predicted octanol–water partition coefficient (Wildman–Crippen LogP) is 1.30. The van der Waals surface area contributed by atoms with Crippen molar-refractivity contribution in [3.8, 4) is 0 Å². The summed E-state index contributed by atoms with van der Waals surface area (Å²) in [5, 5.41) is 9.31. The van der Waals surface area contributed by atoms with Crippen molar-refractivity contribution in [3.05, 3.63) is 0 Å². The van der Waals surface area contributed by atoms with Gasteiger partial charge in [0, 0.05) is 5.75 Å². The highest BCUT2D eigenvalue weighted by molar-refractivity contribution is 9.11. The van der Waals surface area contributed by atoms with Crippen LogP contribution in [0.25, 0.3) is 0 Å². The Bertz CT molecular complexity index is 235. The van der Waals surface area contributed by atoms with Crippen LogP contribution in [0.3, 0.4) is 0 Å². The second-order valence-corrected chi connectivity index (χ2v) is 7.19. The molecule has 74 valence electrons. The summed E-state index contributed by atoms with van der Waals surface area (Å²) in [6, 6.07) is 0. The largest absolute Gasteiger partial charge is 0.391 e. The first-order valence-electron chi connectivity index (χ1n) is 3.91. The maximum Gasteiger partial charge on any atom is 0.168 e. The van der Waals surface area contributed by atoms with E-state index in [0.29, 0.717) is 6.42 Å². The van der Waals surface area contributed by atoms with Crippen LogP contribution in [0.4, 0.5) is 0 Å². The molecule has 0 heterocycles. The van der Waals surface area contributed by atoms with Crippen molar-refractivity contribution in [1.82, 2.24) is 0 Å². The molecule has 0 bridgehead atoms. The maximum atomic E-state index is 11.5. The minimum absolute atomic E-state index is 0.0387. The summed E-state index contributed by atoms with van der Waals surface area (Å²) < 4.78 is 21.8. The first-order chi connectivity index (χ1) is 5.31. The van der Waals surface area contributed by atoms with Crippen LogP contribution < -0.4 is 0 Å². The highest BCUT2D eigenvalue weighted by Gasteiger charge is 2.42. The lowest BCUT2D eigenvalue weighted by Gasteiger charge is -2.28. The van der Waals surface area contributed by atoms with Crippen LogP contribution in [0.1, 0.15) is 27.2 Å². The molecule has 0 aromatic rings. The molecule has 12 heavy (non-hydrogen) atoms. The van der Waals surface area contributed by atoms with E-state index in [1.165, 1.54) is 6.92 Å². The fraction of sp³-hybridized carbons (Fsp3) is 1.00. The van der Waals surface area contributed by atoms with Gasteiger partial charge in [-0.2, -0.15) is 0 Å². The van der Waals surface area contributed by atoms with E-state index in [1.54, 1.807) is 13.8 Å². The van der Waals surface area contributed by atoms with Crippen molar-refractivity contribution in [2.75, 3.05) is 5.75 Å². The molecule has 2 atom stereocenters. The van der Waals surface area contributed by atoms with Crippen LogP contribution >= 0.6 is 15.9 Å². The van der Waals surface area contributed by atoms with Gasteiger partial charge < -0.3 is 5.11 Å². The molecule has 0 radical (unpaired) electrons. The first-order valence-corrected chi connectivity index (χ1v) is 6.35. The molecule has 0 saturated heterocycles. The van der Waals surface area contributed by atoms with E-state index in [0.717, 1.165) is 0 Å². The Morgan fingerprint density at radius 1 is 1.50 bits per heavy atom. The van der Waals surface area contributed by atoms with Gasteiger partial charge in [-0.05, 0) is 13.3 Å². The Labute approximate surface area is 82.2 Å². The van der Waals surface area contributed by atoms with Crippen molar-refractivity contribution in [2.45, 2.75) is 37.0 Å². The topological polar surface area (TPSA) is 54.4 Å². The molecule has 0 fully saturated rings. The van der Waals surface area contributed by atoms with E-state index < -0.39 is 19.6 Å². The fourth-order valence-electron chi connectivity index (χ4n) is 1.02. The predicted molar refractivity (Wildman–Crippen MR) is 53.1 cm³/mol. The molecule has 0 aliphatic rings. The van der Waals surface area contributed by atoms with Gasteiger partial charge in [0.1, 0.15) is 0 Å². The monoisotopic (exact) mass is 258 g/mol. The molecule has 0 amide bonds. The van der Waals surface area contributed by atoms with Crippen molar-refractivity contribution < 1.29 is 13.5 Å². The Morgan fingerprint density at radius 3 is 2.00 bits per heavy atom. The van der Waals surface area contributed by atoms with Crippen LogP contribution in [0.5, 0.6) is 0 Å². The molecule has 1 N–H and O–H groups in total. The summed E-state index contributed by atoms with van der Waals surface area (Å²) in [5.74, 6) is 0.0387. The average molecular weight is 259 g/mol. The summed E-state index contributed by atoms with van der Waals surface area (Å²) in [4.78, 5) is 0. The Kier molecular flexibility index (Phi) is 4.20. The molecular weight excluding hydrogens is 244 g/mol.